The third-order valence-electron chi connectivity index (χ3n) is 3.51. The molecule has 8 heteroatoms. The fourth-order valence-electron chi connectivity index (χ4n) is 2.34. The number of hydrogen-bond donors (Lipinski definition) is 2. The van der Waals surface area contributed by atoms with E-state index in [1.165, 1.54) is 10.7 Å². The van der Waals surface area contributed by atoms with Gasteiger partial charge in [-0.1, -0.05) is 28.9 Å². The van der Waals surface area contributed by atoms with Crippen molar-refractivity contribution in [2.24, 2.45) is 0 Å². The van der Waals surface area contributed by atoms with Gasteiger partial charge in [-0.15, -0.1) is 0 Å². The van der Waals surface area contributed by atoms with E-state index in [2.05, 4.69) is 36.3 Å². The molecular formula is C17H16BrN5O2. The number of nitrogens with one attached hydrogen (secondary N) is 2. The van der Waals surface area contributed by atoms with Crippen LogP contribution in [0.25, 0.3) is 5.95 Å². The van der Waals surface area contributed by atoms with Gasteiger partial charge in [-0.3, -0.25) is 14.6 Å². The summed E-state index contributed by atoms with van der Waals surface area (Å²) in [6.07, 6.45) is 0.622. The molecule has 25 heavy (non-hydrogen) atoms. The maximum atomic E-state index is 12.5. The summed E-state index contributed by atoms with van der Waals surface area (Å²) in [5.41, 5.74) is 1.58. The van der Waals surface area contributed by atoms with Crippen molar-refractivity contribution in [1.82, 2.24) is 19.7 Å². The summed E-state index contributed by atoms with van der Waals surface area (Å²) in [5.74, 6) is 0.414. The number of rotatable bonds is 4. The van der Waals surface area contributed by atoms with E-state index in [-0.39, 0.29) is 17.4 Å². The first-order valence-electron chi connectivity index (χ1n) is 7.70. The quantitative estimate of drug-likeness (QED) is 0.702. The van der Waals surface area contributed by atoms with E-state index < -0.39 is 0 Å². The van der Waals surface area contributed by atoms with Crippen molar-refractivity contribution in [1.29, 1.82) is 0 Å². The molecule has 0 aliphatic rings. The number of aryl methyl sites for hydroxylation is 2. The lowest BCUT2D eigenvalue weighted by molar-refractivity contribution is 0.102. The average molecular weight is 402 g/mol. The molecular weight excluding hydrogens is 386 g/mol. The molecule has 7 nitrogen and oxygen atoms in total. The molecule has 0 spiro atoms. The van der Waals surface area contributed by atoms with Gasteiger partial charge >= 0.3 is 0 Å². The molecule has 0 unspecified atom stereocenters. The maximum absolute atomic E-state index is 12.5. The van der Waals surface area contributed by atoms with Crippen LogP contribution >= 0.6 is 15.9 Å². The molecule has 3 rings (SSSR count). The molecule has 128 valence electrons. The van der Waals surface area contributed by atoms with Gasteiger partial charge in [0.1, 0.15) is 5.82 Å². The Morgan fingerprint density at radius 1 is 1.32 bits per heavy atom. The second-order valence-electron chi connectivity index (χ2n) is 5.46. The number of aromatic nitrogens is 4. The topological polar surface area (TPSA) is 92.7 Å². The number of benzene rings is 1. The molecule has 3 aromatic rings. The van der Waals surface area contributed by atoms with Crippen LogP contribution in [0, 0.1) is 6.92 Å². The Balaban J connectivity index is 1.98. The number of amides is 1. The Hall–Kier alpha value is -2.74. The molecule has 0 aliphatic heterocycles. The van der Waals surface area contributed by atoms with Gasteiger partial charge in [-0.05, 0) is 31.5 Å². The van der Waals surface area contributed by atoms with Gasteiger partial charge in [0.25, 0.3) is 11.5 Å². The van der Waals surface area contributed by atoms with E-state index in [0.717, 1.165) is 4.47 Å². The number of anilines is 1. The highest BCUT2D eigenvalue weighted by atomic mass is 79.9. The first kappa shape index (κ1) is 17.1. The molecule has 1 aromatic carbocycles. The van der Waals surface area contributed by atoms with E-state index in [1.54, 1.807) is 31.2 Å². The SMILES string of the molecule is CCc1cc(=O)[nH]c(-n2nc(C)cc2NC(=O)c2cccc(Br)c2)n1. The van der Waals surface area contributed by atoms with Crippen molar-refractivity contribution in [3.05, 3.63) is 68.2 Å². The van der Waals surface area contributed by atoms with Crippen molar-refractivity contribution in [3.63, 3.8) is 0 Å². The monoisotopic (exact) mass is 401 g/mol. The summed E-state index contributed by atoms with van der Waals surface area (Å²) in [4.78, 5) is 31.3. The van der Waals surface area contributed by atoms with Crippen LogP contribution in [0.4, 0.5) is 5.82 Å². The fourth-order valence-corrected chi connectivity index (χ4v) is 2.74. The summed E-state index contributed by atoms with van der Waals surface area (Å²) < 4.78 is 2.23. The molecule has 0 fully saturated rings. The fraction of sp³-hybridized carbons (Fsp3) is 0.176. The van der Waals surface area contributed by atoms with Gasteiger partial charge in [0.15, 0.2) is 0 Å². The zero-order chi connectivity index (χ0) is 18.0. The standard InChI is InChI=1S/C17H16BrN5O2/c1-3-13-9-15(24)21-17(19-13)23-14(7-10(2)22-23)20-16(25)11-5-4-6-12(18)8-11/h4-9H,3H2,1-2H3,(H,20,25)(H,19,21,24). The van der Waals surface area contributed by atoms with Crippen LogP contribution in [0.3, 0.4) is 0 Å². The minimum Gasteiger partial charge on any atom is -0.306 e. The van der Waals surface area contributed by atoms with Crippen molar-refractivity contribution in [2.45, 2.75) is 20.3 Å². The molecule has 0 saturated carbocycles. The van der Waals surface area contributed by atoms with Gasteiger partial charge in [-0.2, -0.15) is 9.78 Å². The highest BCUT2D eigenvalue weighted by Crippen LogP contribution is 2.17. The van der Waals surface area contributed by atoms with E-state index >= 15 is 0 Å². The second kappa shape index (κ2) is 7.02. The second-order valence-corrected chi connectivity index (χ2v) is 6.38. The Kier molecular flexibility index (Phi) is 4.80. The largest absolute Gasteiger partial charge is 0.306 e. The van der Waals surface area contributed by atoms with Crippen LogP contribution in [0.2, 0.25) is 0 Å². The van der Waals surface area contributed by atoms with Crippen LogP contribution in [0.1, 0.15) is 28.7 Å². The summed E-state index contributed by atoms with van der Waals surface area (Å²) in [5, 5.41) is 7.13. The normalized spacial score (nSPS) is 10.7. The molecule has 1 amide bonds. The van der Waals surface area contributed by atoms with Crippen LogP contribution in [-0.4, -0.2) is 25.7 Å². The van der Waals surface area contributed by atoms with Crippen molar-refractivity contribution in [3.8, 4) is 5.95 Å². The van der Waals surface area contributed by atoms with E-state index in [4.69, 9.17) is 0 Å². The van der Waals surface area contributed by atoms with Gasteiger partial charge in [0.2, 0.25) is 5.95 Å². The van der Waals surface area contributed by atoms with Gasteiger partial charge < -0.3 is 5.32 Å². The molecule has 2 aromatic heterocycles. The van der Waals surface area contributed by atoms with E-state index in [9.17, 15) is 9.59 Å². The summed E-state index contributed by atoms with van der Waals surface area (Å²) in [6.45, 7) is 3.71. The van der Waals surface area contributed by atoms with Crippen LogP contribution in [0.5, 0.6) is 0 Å². The lowest BCUT2D eigenvalue weighted by Gasteiger charge is -2.09. The molecule has 0 atom stereocenters. The number of hydrogen-bond acceptors (Lipinski definition) is 4. The number of halogens is 1. The van der Waals surface area contributed by atoms with Crippen molar-refractivity contribution >= 4 is 27.7 Å². The number of nitrogens with zero attached hydrogens (tertiary/aromatic N) is 3. The summed E-state index contributed by atoms with van der Waals surface area (Å²) >= 11 is 3.35. The van der Waals surface area contributed by atoms with Crippen molar-refractivity contribution in [2.75, 3.05) is 5.32 Å². The van der Waals surface area contributed by atoms with Gasteiger partial charge in [-0.25, -0.2) is 4.98 Å². The molecule has 0 radical (unpaired) electrons. The maximum Gasteiger partial charge on any atom is 0.256 e. The van der Waals surface area contributed by atoms with Crippen LogP contribution in [-0.2, 0) is 6.42 Å². The Morgan fingerprint density at radius 3 is 2.84 bits per heavy atom. The predicted octanol–water partition coefficient (Wildman–Crippen LogP) is 2.84. The highest BCUT2D eigenvalue weighted by molar-refractivity contribution is 9.10. The third-order valence-corrected chi connectivity index (χ3v) is 4.00. The van der Waals surface area contributed by atoms with Crippen molar-refractivity contribution < 1.29 is 4.79 Å². The first-order valence-corrected chi connectivity index (χ1v) is 8.49. The number of carbonyl (C=O) groups is 1. The molecule has 0 aliphatic carbocycles. The zero-order valence-electron chi connectivity index (χ0n) is 13.7. The molecule has 0 saturated heterocycles. The number of aromatic amines is 1. The van der Waals surface area contributed by atoms with E-state index in [1.807, 2.05) is 13.0 Å². The summed E-state index contributed by atoms with van der Waals surface area (Å²) in [6, 6.07) is 10.2. The Labute approximate surface area is 152 Å². The average Bonchev–Trinajstić information content (AvgIpc) is 2.94. The summed E-state index contributed by atoms with van der Waals surface area (Å²) in [7, 11) is 0. The Morgan fingerprint density at radius 2 is 2.12 bits per heavy atom. The predicted molar refractivity (Wildman–Crippen MR) is 98.2 cm³/mol. The number of H-pyrrole nitrogens is 1. The lowest BCUT2D eigenvalue weighted by Crippen LogP contribution is -2.19. The third kappa shape index (κ3) is 3.85. The Bertz CT molecular complexity index is 993. The molecule has 2 N–H and O–H groups in total. The smallest absolute Gasteiger partial charge is 0.256 e. The molecule has 0 bridgehead atoms. The van der Waals surface area contributed by atoms with Crippen LogP contribution < -0.4 is 10.9 Å². The highest BCUT2D eigenvalue weighted by Gasteiger charge is 2.14. The minimum atomic E-state index is -0.281. The van der Waals surface area contributed by atoms with Gasteiger partial charge in [0, 0.05) is 27.9 Å². The van der Waals surface area contributed by atoms with Crippen LogP contribution in [0.15, 0.2) is 45.7 Å². The zero-order valence-corrected chi connectivity index (χ0v) is 15.3. The first-order chi connectivity index (χ1) is 12.0. The number of carbonyl (C=O) groups excluding carboxylic acids is 1. The lowest BCUT2D eigenvalue weighted by atomic mass is 10.2. The molecule has 2 heterocycles. The van der Waals surface area contributed by atoms with Gasteiger partial charge in [0.05, 0.1) is 5.69 Å². The van der Waals surface area contributed by atoms with E-state index in [0.29, 0.717) is 29.2 Å². The minimum absolute atomic E-state index is 0.265.